The second kappa shape index (κ2) is 4.34. The van der Waals surface area contributed by atoms with Crippen LogP contribution in [0.2, 0.25) is 0 Å². The molecule has 1 fully saturated rings. The molecule has 1 N–H and O–H groups in total. The van der Waals surface area contributed by atoms with Crippen LogP contribution in [0.5, 0.6) is 5.75 Å². The number of aromatic nitrogens is 1. The second-order valence-electron chi connectivity index (χ2n) is 4.46. The van der Waals surface area contributed by atoms with Crippen molar-refractivity contribution >= 4 is 10.9 Å². The monoisotopic (exact) mass is 229 g/mol. The van der Waals surface area contributed by atoms with Crippen LogP contribution in [-0.4, -0.2) is 16.2 Å². The highest BCUT2D eigenvalue weighted by atomic mass is 16.5. The van der Waals surface area contributed by atoms with E-state index >= 15 is 0 Å². The van der Waals surface area contributed by atoms with Gasteiger partial charge in [-0.05, 0) is 31.4 Å². The van der Waals surface area contributed by atoms with Gasteiger partial charge in [0.25, 0.3) is 0 Å². The van der Waals surface area contributed by atoms with Crippen molar-refractivity contribution in [1.29, 1.82) is 0 Å². The van der Waals surface area contributed by atoms with E-state index in [1.54, 1.807) is 0 Å². The zero-order valence-electron chi connectivity index (χ0n) is 9.60. The maximum absolute atomic E-state index is 9.21. The van der Waals surface area contributed by atoms with Crippen molar-refractivity contribution in [3.05, 3.63) is 36.0 Å². The topological polar surface area (TPSA) is 42.4 Å². The van der Waals surface area contributed by atoms with E-state index in [0.717, 1.165) is 29.5 Å². The molecule has 3 nitrogen and oxygen atoms in total. The molecule has 0 radical (unpaired) electrons. The van der Waals surface area contributed by atoms with E-state index in [2.05, 4.69) is 4.98 Å². The van der Waals surface area contributed by atoms with Gasteiger partial charge in [-0.1, -0.05) is 12.1 Å². The molecule has 1 aliphatic carbocycles. The van der Waals surface area contributed by atoms with E-state index in [0.29, 0.717) is 11.8 Å². The third-order valence-electron chi connectivity index (χ3n) is 3.24. The molecule has 88 valence electrons. The Morgan fingerprint density at radius 2 is 2.12 bits per heavy atom. The van der Waals surface area contributed by atoms with Gasteiger partial charge in [-0.2, -0.15) is 0 Å². The lowest BCUT2D eigenvalue weighted by Gasteiger charge is -2.27. The number of fused-ring (bicyclic) bond motifs is 1. The summed E-state index contributed by atoms with van der Waals surface area (Å²) in [7, 11) is 0. The first kappa shape index (κ1) is 10.5. The fourth-order valence-electron chi connectivity index (χ4n) is 2.04. The number of hydrogen-bond acceptors (Lipinski definition) is 3. The summed E-state index contributed by atoms with van der Waals surface area (Å²) in [5.41, 5.74) is 1.55. The molecule has 0 atom stereocenters. The van der Waals surface area contributed by atoms with Gasteiger partial charge in [-0.3, -0.25) is 4.98 Å². The minimum Gasteiger partial charge on any atom is -0.490 e. The standard InChI is InChI=1S/C14H15NO2/c16-9-10-8-14(17-11-4-3-5-11)12-6-1-2-7-13(12)15-10/h1-2,6-8,11,16H,3-5,9H2. The Bertz CT molecular complexity index is 535. The van der Waals surface area contributed by atoms with Gasteiger partial charge in [-0.25, -0.2) is 0 Å². The maximum Gasteiger partial charge on any atom is 0.131 e. The summed E-state index contributed by atoms with van der Waals surface area (Å²) < 4.78 is 5.95. The van der Waals surface area contributed by atoms with E-state index in [-0.39, 0.29) is 6.61 Å². The molecule has 0 bridgehead atoms. The Balaban J connectivity index is 2.05. The summed E-state index contributed by atoms with van der Waals surface area (Å²) >= 11 is 0. The lowest BCUT2D eigenvalue weighted by atomic mass is 9.96. The molecule has 1 heterocycles. The van der Waals surface area contributed by atoms with E-state index in [1.165, 1.54) is 6.42 Å². The summed E-state index contributed by atoms with van der Waals surface area (Å²) in [6.45, 7) is -0.0497. The number of pyridine rings is 1. The highest BCUT2D eigenvalue weighted by Crippen LogP contribution is 2.30. The fourth-order valence-corrected chi connectivity index (χ4v) is 2.04. The van der Waals surface area contributed by atoms with Crippen LogP contribution < -0.4 is 4.74 Å². The molecule has 3 heteroatoms. The molecule has 3 rings (SSSR count). The summed E-state index contributed by atoms with van der Waals surface area (Å²) in [6.07, 6.45) is 3.85. The molecule has 1 aromatic heterocycles. The fraction of sp³-hybridized carbons (Fsp3) is 0.357. The number of aliphatic hydroxyl groups is 1. The number of ether oxygens (including phenoxy) is 1. The van der Waals surface area contributed by atoms with Crippen LogP contribution in [0.15, 0.2) is 30.3 Å². The van der Waals surface area contributed by atoms with E-state index in [1.807, 2.05) is 30.3 Å². The van der Waals surface area contributed by atoms with E-state index in [4.69, 9.17) is 4.74 Å². The Morgan fingerprint density at radius 1 is 1.29 bits per heavy atom. The zero-order valence-corrected chi connectivity index (χ0v) is 9.60. The first-order chi connectivity index (χ1) is 8.36. The van der Waals surface area contributed by atoms with Crippen molar-refractivity contribution in [1.82, 2.24) is 4.98 Å². The highest BCUT2D eigenvalue weighted by molar-refractivity contribution is 5.85. The quantitative estimate of drug-likeness (QED) is 0.879. The number of nitrogens with zero attached hydrogens (tertiary/aromatic N) is 1. The molecular formula is C14H15NO2. The molecule has 0 saturated heterocycles. The third kappa shape index (κ3) is 1.98. The van der Waals surface area contributed by atoms with Gasteiger partial charge in [0, 0.05) is 11.5 Å². The van der Waals surface area contributed by atoms with Crippen LogP contribution in [-0.2, 0) is 6.61 Å². The lowest BCUT2D eigenvalue weighted by Crippen LogP contribution is -2.24. The zero-order chi connectivity index (χ0) is 11.7. The minimum absolute atomic E-state index is 0.0497. The van der Waals surface area contributed by atoms with Crippen molar-refractivity contribution in [2.75, 3.05) is 0 Å². The Hall–Kier alpha value is -1.61. The lowest BCUT2D eigenvalue weighted by molar-refractivity contribution is 0.122. The molecule has 2 aromatic rings. The van der Waals surface area contributed by atoms with E-state index < -0.39 is 0 Å². The van der Waals surface area contributed by atoms with Crippen LogP contribution in [0.25, 0.3) is 10.9 Å². The molecule has 0 aliphatic heterocycles. The minimum atomic E-state index is -0.0497. The van der Waals surface area contributed by atoms with Gasteiger partial charge in [0.15, 0.2) is 0 Å². The van der Waals surface area contributed by atoms with Crippen LogP contribution in [0, 0.1) is 0 Å². The number of aliphatic hydroxyl groups excluding tert-OH is 1. The van der Waals surface area contributed by atoms with Crippen molar-refractivity contribution in [2.45, 2.75) is 32.0 Å². The molecule has 0 spiro atoms. The molecule has 1 saturated carbocycles. The van der Waals surface area contributed by atoms with Gasteiger partial charge in [0.05, 0.1) is 23.9 Å². The van der Waals surface area contributed by atoms with Crippen LogP contribution in [0.1, 0.15) is 25.0 Å². The number of para-hydroxylation sites is 1. The molecule has 1 aliphatic rings. The molecule has 0 amide bonds. The molecule has 0 unspecified atom stereocenters. The normalized spacial score (nSPS) is 15.8. The number of rotatable bonds is 3. The first-order valence-corrected chi connectivity index (χ1v) is 6.03. The predicted molar refractivity (Wildman–Crippen MR) is 65.9 cm³/mol. The highest BCUT2D eigenvalue weighted by Gasteiger charge is 2.20. The summed E-state index contributed by atoms with van der Waals surface area (Å²) in [4.78, 5) is 4.38. The number of hydrogen-bond donors (Lipinski definition) is 1. The van der Waals surface area contributed by atoms with Crippen LogP contribution in [0.3, 0.4) is 0 Å². The van der Waals surface area contributed by atoms with Gasteiger partial charge in [-0.15, -0.1) is 0 Å². The summed E-state index contributed by atoms with van der Waals surface area (Å²) in [5.74, 6) is 0.851. The smallest absolute Gasteiger partial charge is 0.131 e. The summed E-state index contributed by atoms with van der Waals surface area (Å²) in [6, 6.07) is 9.74. The average Bonchev–Trinajstić information content (AvgIpc) is 2.33. The van der Waals surface area contributed by atoms with Gasteiger partial charge < -0.3 is 9.84 Å². The SMILES string of the molecule is OCc1cc(OC2CCC2)c2ccccc2n1. The third-order valence-corrected chi connectivity index (χ3v) is 3.24. The first-order valence-electron chi connectivity index (χ1n) is 6.03. The van der Waals surface area contributed by atoms with Crippen molar-refractivity contribution in [2.24, 2.45) is 0 Å². The summed E-state index contributed by atoms with van der Waals surface area (Å²) in [5, 5.41) is 10.2. The van der Waals surface area contributed by atoms with Crippen LogP contribution >= 0.6 is 0 Å². The van der Waals surface area contributed by atoms with Crippen molar-refractivity contribution in [3.63, 3.8) is 0 Å². The van der Waals surface area contributed by atoms with Crippen molar-refractivity contribution in [3.8, 4) is 5.75 Å². The maximum atomic E-state index is 9.21. The molecular weight excluding hydrogens is 214 g/mol. The van der Waals surface area contributed by atoms with Gasteiger partial charge in [0.2, 0.25) is 0 Å². The van der Waals surface area contributed by atoms with Crippen molar-refractivity contribution < 1.29 is 9.84 Å². The second-order valence-corrected chi connectivity index (χ2v) is 4.46. The number of benzene rings is 1. The van der Waals surface area contributed by atoms with E-state index in [9.17, 15) is 5.11 Å². The average molecular weight is 229 g/mol. The van der Waals surface area contributed by atoms with Gasteiger partial charge in [0.1, 0.15) is 5.75 Å². The van der Waals surface area contributed by atoms with Gasteiger partial charge >= 0.3 is 0 Å². The Kier molecular flexibility index (Phi) is 2.69. The Morgan fingerprint density at radius 3 is 2.82 bits per heavy atom. The largest absolute Gasteiger partial charge is 0.490 e. The van der Waals surface area contributed by atoms with Crippen LogP contribution in [0.4, 0.5) is 0 Å². The predicted octanol–water partition coefficient (Wildman–Crippen LogP) is 2.66. The molecule has 17 heavy (non-hydrogen) atoms. The Labute approximate surface area is 100 Å². The molecule has 1 aromatic carbocycles.